The Morgan fingerprint density at radius 2 is 1.70 bits per heavy atom. The van der Waals surface area contributed by atoms with Crippen molar-refractivity contribution in [3.8, 4) is 11.5 Å². The molecule has 4 amide bonds. The van der Waals surface area contributed by atoms with E-state index in [1.165, 1.54) is 12.1 Å². The van der Waals surface area contributed by atoms with Crippen LogP contribution >= 0.6 is 15.9 Å². The second kappa shape index (κ2) is 11.0. The van der Waals surface area contributed by atoms with Gasteiger partial charge in [-0.25, -0.2) is 14.1 Å². The summed E-state index contributed by atoms with van der Waals surface area (Å²) in [5, 5.41) is 2.23. The third-order valence-electron chi connectivity index (χ3n) is 5.85. The number of amides is 4. The van der Waals surface area contributed by atoms with E-state index in [9.17, 15) is 18.8 Å². The first kappa shape index (κ1) is 26.1. The van der Waals surface area contributed by atoms with Gasteiger partial charge in [-0.05, 0) is 73.9 Å². The predicted molar refractivity (Wildman–Crippen MR) is 141 cm³/mol. The Morgan fingerprint density at radius 3 is 2.41 bits per heavy atom. The number of benzene rings is 3. The van der Waals surface area contributed by atoms with Crippen molar-refractivity contribution in [1.82, 2.24) is 5.32 Å². The SMILES string of the molecule is CCOc1cc(/C=C2\C(=O)NC(=O)N(c3ccc(C)c(C)c3)C2=O)c(Br)cc1OCc1ccccc1F. The molecule has 0 bridgehead atoms. The van der Waals surface area contributed by atoms with E-state index in [0.717, 1.165) is 16.0 Å². The number of carbonyl (C=O) groups excluding carboxylic acids is 3. The molecule has 0 aromatic heterocycles. The molecule has 0 aliphatic carbocycles. The van der Waals surface area contributed by atoms with E-state index in [4.69, 9.17) is 9.47 Å². The highest BCUT2D eigenvalue weighted by molar-refractivity contribution is 9.10. The molecule has 4 rings (SSSR count). The van der Waals surface area contributed by atoms with Crippen LogP contribution in [0.3, 0.4) is 0 Å². The molecule has 3 aromatic carbocycles. The third kappa shape index (κ3) is 5.56. The topological polar surface area (TPSA) is 84.9 Å². The number of barbiturate groups is 1. The van der Waals surface area contributed by atoms with E-state index in [-0.39, 0.29) is 18.0 Å². The number of rotatable bonds is 7. The molecule has 1 saturated heterocycles. The van der Waals surface area contributed by atoms with Crippen molar-refractivity contribution < 1.29 is 28.2 Å². The van der Waals surface area contributed by atoms with Gasteiger partial charge in [0.25, 0.3) is 11.8 Å². The van der Waals surface area contributed by atoms with Crippen molar-refractivity contribution >= 4 is 45.5 Å². The van der Waals surface area contributed by atoms with Gasteiger partial charge >= 0.3 is 6.03 Å². The average Bonchev–Trinajstić information content (AvgIpc) is 2.85. The standard InChI is InChI=1S/C28H24BrFN2O5/c1-4-36-24-13-19(22(29)14-25(24)37-15-18-7-5-6-8-23(18)30)12-21-26(33)31-28(35)32(27(21)34)20-10-9-16(2)17(3)11-20/h5-14H,4,15H2,1-3H3,(H,31,33,35)/b21-12+. The zero-order valence-electron chi connectivity index (χ0n) is 20.4. The maximum absolute atomic E-state index is 14.0. The highest BCUT2D eigenvalue weighted by Gasteiger charge is 2.37. The van der Waals surface area contributed by atoms with Crippen LogP contribution in [0.4, 0.5) is 14.9 Å². The van der Waals surface area contributed by atoms with Crippen molar-refractivity contribution in [1.29, 1.82) is 0 Å². The Hall–Kier alpha value is -3.98. The Labute approximate surface area is 222 Å². The molecule has 9 heteroatoms. The van der Waals surface area contributed by atoms with Gasteiger partial charge in [-0.15, -0.1) is 0 Å². The van der Waals surface area contributed by atoms with E-state index in [2.05, 4.69) is 21.2 Å². The van der Waals surface area contributed by atoms with E-state index >= 15 is 0 Å². The number of nitrogens with zero attached hydrogens (tertiary/aromatic N) is 1. The number of carbonyl (C=O) groups is 3. The molecule has 1 aliphatic rings. The van der Waals surface area contributed by atoms with E-state index in [0.29, 0.717) is 39.4 Å². The lowest BCUT2D eigenvalue weighted by molar-refractivity contribution is -0.122. The summed E-state index contributed by atoms with van der Waals surface area (Å²) < 4.78 is 26.0. The first-order valence-electron chi connectivity index (χ1n) is 11.5. The molecule has 0 atom stereocenters. The largest absolute Gasteiger partial charge is 0.490 e. The number of hydrogen-bond acceptors (Lipinski definition) is 5. The molecule has 0 unspecified atom stereocenters. The highest BCUT2D eigenvalue weighted by atomic mass is 79.9. The maximum Gasteiger partial charge on any atom is 0.335 e. The minimum atomic E-state index is -0.818. The molecule has 1 heterocycles. The Balaban J connectivity index is 1.68. The first-order chi connectivity index (χ1) is 17.7. The van der Waals surface area contributed by atoms with Crippen LogP contribution in [0, 0.1) is 19.7 Å². The monoisotopic (exact) mass is 566 g/mol. The Kier molecular flexibility index (Phi) is 7.73. The molecule has 1 aliphatic heterocycles. The average molecular weight is 567 g/mol. The summed E-state index contributed by atoms with van der Waals surface area (Å²) in [5.41, 5.74) is 2.87. The van der Waals surface area contributed by atoms with Gasteiger partial charge in [0.05, 0.1) is 12.3 Å². The molecular weight excluding hydrogens is 543 g/mol. The molecule has 0 saturated carbocycles. The van der Waals surface area contributed by atoms with Crippen LogP contribution in [0.15, 0.2) is 64.6 Å². The minimum Gasteiger partial charge on any atom is -0.490 e. The summed E-state index contributed by atoms with van der Waals surface area (Å²) in [6.07, 6.45) is 1.38. The van der Waals surface area contributed by atoms with Crippen LogP contribution in [0.2, 0.25) is 0 Å². The summed E-state index contributed by atoms with van der Waals surface area (Å²) in [5.74, 6) is -1.24. The summed E-state index contributed by atoms with van der Waals surface area (Å²) in [6, 6.07) is 13.9. The van der Waals surface area contributed by atoms with Gasteiger partial charge in [-0.2, -0.15) is 0 Å². The zero-order valence-corrected chi connectivity index (χ0v) is 22.0. The normalized spacial score (nSPS) is 14.7. The number of nitrogens with one attached hydrogen (secondary N) is 1. The number of ether oxygens (including phenoxy) is 2. The van der Waals surface area contributed by atoms with Gasteiger partial charge in [0, 0.05) is 10.0 Å². The van der Waals surface area contributed by atoms with Gasteiger partial charge in [-0.3, -0.25) is 14.9 Å². The van der Waals surface area contributed by atoms with Crippen LogP contribution in [0.1, 0.15) is 29.2 Å². The Bertz CT molecular complexity index is 1440. The van der Waals surface area contributed by atoms with Gasteiger partial charge in [0.2, 0.25) is 0 Å². The molecule has 190 valence electrons. The lowest BCUT2D eigenvalue weighted by Crippen LogP contribution is -2.54. The fraction of sp³-hybridized carbons (Fsp3) is 0.179. The zero-order chi connectivity index (χ0) is 26.7. The maximum atomic E-state index is 14.0. The van der Waals surface area contributed by atoms with Crippen LogP contribution in [-0.2, 0) is 16.2 Å². The quantitative estimate of drug-likeness (QED) is 0.286. The molecular formula is C28H24BrFN2O5. The lowest BCUT2D eigenvalue weighted by Gasteiger charge is -2.27. The van der Waals surface area contributed by atoms with Crippen molar-refractivity contribution in [2.75, 3.05) is 11.5 Å². The lowest BCUT2D eigenvalue weighted by atomic mass is 10.0. The van der Waals surface area contributed by atoms with E-state index in [1.807, 2.05) is 13.8 Å². The fourth-order valence-corrected chi connectivity index (χ4v) is 4.16. The second-order valence-electron chi connectivity index (χ2n) is 8.36. The van der Waals surface area contributed by atoms with Gasteiger partial charge in [-0.1, -0.05) is 40.2 Å². The van der Waals surface area contributed by atoms with E-state index in [1.54, 1.807) is 55.5 Å². The van der Waals surface area contributed by atoms with Gasteiger partial charge in [0.1, 0.15) is 18.0 Å². The summed E-state index contributed by atoms with van der Waals surface area (Å²) in [4.78, 5) is 39.4. The Morgan fingerprint density at radius 1 is 0.973 bits per heavy atom. The first-order valence-corrected chi connectivity index (χ1v) is 12.3. The smallest absolute Gasteiger partial charge is 0.335 e. The molecule has 0 radical (unpaired) electrons. The number of urea groups is 1. The van der Waals surface area contributed by atoms with Gasteiger partial charge < -0.3 is 9.47 Å². The molecule has 7 nitrogen and oxygen atoms in total. The van der Waals surface area contributed by atoms with Crippen molar-refractivity contribution in [2.45, 2.75) is 27.4 Å². The fourth-order valence-electron chi connectivity index (χ4n) is 3.73. The van der Waals surface area contributed by atoms with Crippen LogP contribution in [0.25, 0.3) is 6.08 Å². The minimum absolute atomic E-state index is 0.0203. The number of anilines is 1. The second-order valence-corrected chi connectivity index (χ2v) is 9.21. The summed E-state index contributed by atoms with van der Waals surface area (Å²) in [6.45, 7) is 5.89. The number of halogens is 2. The molecule has 1 fully saturated rings. The van der Waals surface area contributed by atoms with E-state index < -0.39 is 17.8 Å². The summed E-state index contributed by atoms with van der Waals surface area (Å²) >= 11 is 3.45. The molecule has 3 aromatic rings. The predicted octanol–water partition coefficient (Wildman–Crippen LogP) is 5.85. The molecule has 37 heavy (non-hydrogen) atoms. The number of hydrogen-bond donors (Lipinski definition) is 1. The van der Waals surface area contributed by atoms with Crippen molar-refractivity contribution in [2.24, 2.45) is 0 Å². The molecule has 0 spiro atoms. The van der Waals surface area contributed by atoms with Gasteiger partial charge in [0.15, 0.2) is 11.5 Å². The summed E-state index contributed by atoms with van der Waals surface area (Å²) in [7, 11) is 0. The van der Waals surface area contributed by atoms with Crippen molar-refractivity contribution in [3.63, 3.8) is 0 Å². The highest BCUT2D eigenvalue weighted by Crippen LogP contribution is 2.36. The van der Waals surface area contributed by atoms with Crippen molar-refractivity contribution in [3.05, 3.63) is 92.7 Å². The van der Waals surface area contributed by atoms with Crippen LogP contribution in [0.5, 0.6) is 11.5 Å². The number of aryl methyl sites for hydroxylation is 2. The third-order valence-corrected chi connectivity index (χ3v) is 6.54. The number of imide groups is 2. The molecule has 1 N–H and O–H groups in total. The van der Waals surface area contributed by atoms with Crippen LogP contribution in [-0.4, -0.2) is 24.5 Å². The van der Waals surface area contributed by atoms with Crippen LogP contribution < -0.4 is 19.7 Å².